The Bertz CT molecular complexity index is 1400. The van der Waals surface area contributed by atoms with Gasteiger partial charge in [-0.25, -0.2) is 18.7 Å². The minimum Gasteiger partial charge on any atom is -0.507 e. The number of aryl methyl sites for hydroxylation is 1. The van der Waals surface area contributed by atoms with Gasteiger partial charge in [-0.15, -0.1) is 0 Å². The first-order valence-corrected chi connectivity index (χ1v) is 10.6. The van der Waals surface area contributed by atoms with E-state index in [4.69, 9.17) is 5.73 Å². The fraction of sp³-hybridized carbons (Fsp3) is 0.120. The van der Waals surface area contributed by atoms with E-state index in [0.29, 0.717) is 28.2 Å². The monoisotopic (exact) mass is 476 g/mol. The minimum atomic E-state index is -0.715. The lowest BCUT2D eigenvalue weighted by Gasteiger charge is -2.21. The lowest BCUT2D eigenvalue weighted by atomic mass is 10.1. The third kappa shape index (κ3) is 5.16. The van der Waals surface area contributed by atoms with E-state index in [2.05, 4.69) is 20.3 Å². The number of phenols is 1. The normalized spacial score (nSPS) is 10.7. The number of nitrogen functional groups attached to an aromatic ring is 1. The number of halogens is 2. The van der Waals surface area contributed by atoms with Gasteiger partial charge in [0.2, 0.25) is 0 Å². The molecule has 8 nitrogen and oxygen atoms in total. The predicted molar refractivity (Wildman–Crippen MR) is 128 cm³/mol. The summed E-state index contributed by atoms with van der Waals surface area (Å²) in [5.74, 6) is -1.67. The van der Waals surface area contributed by atoms with Gasteiger partial charge in [0.15, 0.2) is 0 Å². The van der Waals surface area contributed by atoms with Crippen LogP contribution in [0.3, 0.4) is 0 Å². The molecule has 0 fully saturated rings. The van der Waals surface area contributed by atoms with Crippen molar-refractivity contribution in [1.29, 1.82) is 0 Å². The molecule has 4 N–H and O–H groups in total. The highest BCUT2D eigenvalue weighted by molar-refractivity contribution is 5.91. The van der Waals surface area contributed by atoms with E-state index in [-0.39, 0.29) is 29.5 Å². The topological polar surface area (TPSA) is 117 Å². The highest BCUT2D eigenvalue weighted by Gasteiger charge is 2.15. The van der Waals surface area contributed by atoms with Crippen molar-refractivity contribution in [2.45, 2.75) is 13.5 Å². The molecule has 0 atom stereocenters. The van der Waals surface area contributed by atoms with Crippen molar-refractivity contribution in [2.24, 2.45) is 0 Å². The van der Waals surface area contributed by atoms with Gasteiger partial charge >= 0.3 is 0 Å². The van der Waals surface area contributed by atoms with E-state index in [1.165, 1.54) is 35.5 Å². The summed E-state index contributed by atoms with van der Waals surface area (Å²) in [7, 11) is 1.62. The van der Waals surface area contributed by atoms with Crippen LogP contribution < -0.4 is 16.0 Å². The van der Waals surface area contributed by atoms with Crippen LogP contribution >= 0.6 is 0 Å². The summed E-state index contributed by atoms with van der Waals surface area (Å²) in [5, 5.41) is 13.1. The van der Waals surface area contributed by atoms with Crippen LogP contribution in [0.4, 0.5) is 26.0 Å². The van der Waals surface area contributed by atoms with E-state index in [9.17, 15) is 18.7 Å². The number of rotatable bonds is 6. The summed E-state index contributed by atoms with van der Waals surface area (Å²) in [6, 6.07) is 11.3. The van der Waals surface area contributed by atoms with E-state index < -0.39 is 17.5 Å². The first-order valence-electron chi connectivity index (χ1n) is 10.6. The molecule has 0 saturated heterocycles. The fourth-order valence-electron chi connectivity index (χ4n) is 3.41. The highest BCUT2D eigenvalue weighted by atomic mass is 19.1. The quantitative estimate of drug-likeness (QED) is 0.383. The zero-order chi connectivity index (χ0) is 25.1. The molecule has 0 spiro atoms. The van der Waals surface area contributed by atoms with Gasteiger partial charge in [0.25, 0.3) is 5.91 Å². The number of nitrogens with zero attached hydrogens (tertiary/aromatic N) is 4. The largest absolute Gasteiger partial charge is 0.507 e. The van der Waals surface area contributed by atoms with Crippen molar-refractivity contribution in [3.05, 3.63) is 89.5 Å². The summed E-state index contributed by atoms with van der Waals surface area (Å²) < 4.78 is 27.5. The number of hydrogen-bond donors (Lipinski definition) is 3. The van der Waals surface area contributed by atoms with Gasteiger partial charge in [0.05, 0.1) is 23.3 Å². The Labute approximate surface area is 200 Å². The molecule has 0 radical (unpaired) electrons. The average Bonchev–Trinajstić information content (AvgIpc) is 2.83. The lowest BCUT2D eigenvalue weighted by molar-refractivity contribution is 0.0945. The van der Waals surface area contributed by atoms with Crippen molar-refractivity contribution in [3.8, 4) is 17.0 Å². The molecule has 4 aromatic rings. The molecule has 4 rings (SSSR count). The molecular formula is C25H22F2N6O2. The summed E-state index contributed by atoms with van der Waals surface area (Å²) in [5.41, 5.74) is 9.03. The molecule has 0 unspecified atom stereocenters. The van der Waals surface area contributed by atoms with Gasteiger partial charge in [-0.1, -0.05) is 6.07 Å². The number of aromatic nitrogens is 3. The van der Waals surface area contributed by atoms with Crippen LogP contribution in [0.1, 0.15) is 21.7 Å². The van der Waals surface area contributed by atoms with Gasteiger partial charge in [-0.2, -0.15) is 0 Å². The molecule has 2 aromatic heterocycles. The SMILES string of the molecule is Cc1cnc(C(=O)NCc2ccc(-c3cc(N(C)c4ccc(F)cc4F)ccc3O)nc2N)cn1. The number of amides is 1. The van der Waals surface area contributed by atoms with Crippen molar-refractivity contribution in [2.75, 3.05) is 17.7 Å². The Kier molecular flexibility index (Phi) is 6.54. The lowest BCUT2D eigenvalue weighted by Crippen LogP contribution is -2.24. The Hall–Kier alpha value is -4.60. The number of anilines is 3. The number of carbonyl (C=O) groups is 1. The van der Waals surface area contributed by atoms with Crippen molar-refractivity contribution in [3.63, 3.8) is 0 Å². The first-order chi connectivity index (χ1) is 16.7. The molecule has 0 saturated carbocycles. The standard InChI is InChI=1S/C25H22F2N6O2/c1-14-11-30-21(13-29-14)25(35)31-12-15-3-6-20(32-24(15)28)18-10-17(5-8-23(18)34)33(2)22-7-4-16(26)9-19(22)27/h3-11,13,34H,12H2,1-2H3,(H2,28,32)(H,31,35). The number of carbonyl (C=O) groups excluding carboxylic acids is 1. The number of aromatic hydroxyl groups is 1. The number of nitrogens with two attached hydrogens (primary N) is 1. The van der Waals surface area contributed by atoms with Crippen LogP contribution in [-0.4, -0.2) is 33.0 Å². The van der Waals surface area contributed by atoms with Crippen LogP contribution in [-0.2, 0) is 6.54 Å². The van der Waals surface area contributed by atoms with Crippen LogP contribution in [0.2, 0.25) is 0 Å². The molecule has 35 heavy (non-hydrogen) atoms. The molecule has 10 heteroatoms. The minimum absolute atomic E-state index is 0.0485. The molecule has 178 valence electrons. The number of nitrogens with one attached hydrogen (secondary N) is 1. The van der Waals surface area contributed by atoms with E-state index in [0.717, 1.165) is 6.07 Å². The molecule has 0 aliphatic carbocycles. The number of hydrogen-bond acceptors (Lipinski definition) is 7. The molecule has 2 aromatic carbocycles. The third-order valence-electron chi connectivity index (χ3n) is 5.38. The maximum atomic E-state index is 14.2. The van der Waals surface area contributed by atoms with Gasteiger partial charge in [0, 0.05) is 42.7 Å². The number of benzene rings is 2. The molecule has 2 heterocycles. The zero-order valence-electron chi connectivity index (χ0n) is 19.0. The maximum Gasteiger partial charge on any atom is 0.271 e. The third-order valence-corrected chi connectivity index (χ3v) is 5.38. The molecule has 0 aliphatic heterocycles. The highest BCUT2D eigenvalue weighted by Crippen LogP contribution is 2.35. The number of pyridine rings is 1. The smallest absolute Gasteiger partial charge is 0.271 e. The van der Waals surface area contributed by atoms with E-state index in [1.807, 2.05) is 0 Å². The Morgan fingerprint density at radius 2 is 1.89 bits per heavy atom. The summed E-state index contributed by atoms with van der Waals surface area (Å²) in [6.07, 6.45) is 2.89. The first kappa shape index (κ1) is 23.6. The molecule has 1 amide bonds. The average molecular weight is 476 g/mol. The second-order valence-corrected chi connectivity index (χ2v) is 7.82. The van der Waals surface area contributed by atoms with Crippen molar-refractivity contribution < 1.29 is 18.7 Å². The predicted octanol–water partition coefficient (Wildman–Crippen LogP) is 4.11. The van der Waals surface area contributed by atoms with E-state index >= 15 is 0 Å². The van der Waals surface area contributed by atoms with Crippen LogP contribution in [0.25, 0.3) is 11.3 Å². The van der Waals surface area contributed by atoms with Gasteiger partial charge in [-0.05, 0) is 43.3 Å². The Morgan fingerprint density at radius 1 is 1.09 bits per heavy atom. The van der Waals surface area contributed by atoms with Crippen molar-refractivity contribution >= 4 is 23.1 Å². The van der Waals surface area contributed by atoms with Gasteiger partial charge in [0.1, 0.15) is 28.9 Å². The second kappa shape index (κ2) is 9.72. The van der Waals surface area contributed by atoms with E-state index in [1.54, 1.807) is 38.2 Å². The van der Waals surface area contributed by atoms with Crippen molar-refractivity contribution in [1.82, 2.24) is 20.3 Å². The van der Waals surface area contributed by atoms with Crippen LogP contribution in [0.5, 0.6) is 5.75 Å². The number of phenolic OH excluding ortho intramolecular Hbond substituents is 1. The molecule has 0 bridgehead atoms. The second-order valence-electron chi connectivity index (χ2n) is 7.82. The zero-order valence-corrected chi connectivity index (χ0v) is 19.0. The van der Waals surface area contributed by atoms with Gasteiger partial charge < -0.3 is 21.1 Å². The summed E-state index contributed by atoms with van der Waals surface area (Å²) in [6.45, 7) is 1.89. The summed E-state index contributed by atoms with van der Waals surface area (Å²) in [4.78, 5) is 26.3. The summed E-state index contributed by atoms with van der Waals surface area (Å²) >= 11 is 0. The Morgan fingerprint density at radius 3 is 2.57 bits per heavy atom. The van der Waals surface area contributed by atoms with Gasteiger partial charge in [-0.3, -0.25) is 9.78 Å². The maximum absolute atomic E-state index is 14.2. The molecular weight excluding hydrogens is 454 g/mol. The Balaban J connectivity index is 1.54. The fourth-order valence-corrected chi connectivity index (χ4v) is 3.41. The van der Waals surface area contributed by atoms with Crippen LogP contribution in [0.15, 0.2) is 60.9 Å². The molecule has 0 aliphatic rings. The van der Waals surface area contributed by atoms with Crippen LogP contribution in [0, 0.1) is 18.6 Å².